The van der Waals surface area contributed by atoms with Gasteiger partial charge in [-0.1, -0.05) is 41.9 Å². The summed E-state index contributed by atoms with van der Waals surface area (Å²) in [4.78, 5) is 23.2. The number of aliphatic imine (C=N–C) groups is 1. The van der Waals surface area contributed by atoms with Crippen molar-refractivity contribution >= 4 is 40.9 Å². The molecule has 0 aliphatic rings. The van der Waals surface area contributed by atoms with Gasteiger partial charge in [-0.15, -0.1) is 0 Å². The number of thiocarbonyl (C=S) groups is 1. The Morgan fingerprint density at radius 2 is 1.89 bits per heavy atom. The second kappa shape index (κ2) is 5.74. The Bertz CT molecular complexity index is 522. The van der Waals surface area contributed by atoms with Crippen molar-refractivity contribution < 1.29 is 14.4 Å². The lowest BCUT2D eigenvalue weighted by atomic mass is 9.96. The number of rotatable bonds is 4. The summed E-state index contributed by atoms with van der Waals surface area (Å²) in [6.07, 6.45) is 0. The lowest BCUT2D eigenvalue weighted by molar-refractivity contribution is 0.293. The molecule has 1 aromatic carbocycles. The minimum atomic E-state index is -4.53. The first kappa shape index (κ1) is 15.7. The SMILES string of the molecule is CC(C)C(N=C=S)(c1ccc(Br)cc1)P(=O)(O)O. The maximum Gasteiger partial charge on any atom is 0.358 e. The lowest BCUT2D eigenvalue weighted by Gasteiger charge is -2.33. The molecule has 1 atom stereocenters. The highest BCUT2D eigenvalue weighted by Crippen LogP contribution is 2.61. The van der Waals surface area contributed by atoms with Crippen LogP contribution in [0.15, 0.2) is 33.7 Å². The first-order valence-corrected chi connectivity index (χ1v) is 7.97. The van der Waals surface area contributed by atoms with E-state index in [4.69, 9.17) is 0 Å². The third-order valence-electron chi connectivity index (χ3n) is 2.73. The molecule has 0 aliphatic carbocycles. The fraction of sp³-hybridized carbons (Fsp3) is 0.364. The molecule has 1 aromatic rings. The van der Waals surface area contributed by atoms with E-state index in [1.807, 2.05) is 0 Å². The number of isothiocyanates is 1. The van der Waals surface area contributed by atoms with Crippen LogP contribution in [-0.4, -0.2) is 14.9 Å². The maximum atomic E-state index is 11.9. The molecular weight excluding hydrogens is 337 g/mol. The summed E-state index contributed by atoms with van der Waals surface area (Å²) < 4.78 is 12.7. The van der Waals surface area contributed by atoms with Crippen molar-refractivity contribution in [1.29, 1.82) is 0 Å². The molecule has 0 radical (unpaired) electrons. The van der Waals surface area contributed by atoms with Crippen molar-refractivity contribution in [2.24, 2.45) is 10.9 Å². The predicted octanol–water partition coefficient (Wildman–Crippen LogP) is 3.54. The number of hydrogen-bond acceptors (Lipinski definition) is 3. The minimum Gasteiger partial charge on any atom is -0.322 e. The molecule has 7 heteroatoms. The summed E-state index contributed by atoms with van der Waals surface area (Å²) in [5.41, 5.74) is 0.423. The maximum absolute atomic E-state index is 11.9. The van der Waals surface area contributed by atoms with Crippen molar-refractivity contribution in [2.75, 3.05) is 0 Å². The molecule has 18 heavy (non-hydrogen) atoms. The van der Waals surface area contributed by atoms with E-state index in [1.54, 1.807) is 38.1 Å². The number of benzene rings is 1. The second-order valence-corrected chi connectivity index (χ2v) is 7.00. The molecule has 4 nitrogen and oxygen atoms in total. The van der Waals surface area contributed by atoms with Gasteiger partial charge in [0.2, 0.25) is 0 Å². The van der Waals surface area contributed by atoms with E-state index in [1.165, 1.54) is 0 Å². The molecule has 0 fully saturated rings. The molecule has 0 saturated carbocycles. The topological polar surface area (TPSA) is 69.9 Å². The lowest BCUT2D eigenvalue weighted by Crippen LogP contribution is -2.30. The van der Waals surface area contributed by atoms with Gasteiger partial charge >= 0.3 is 7.60 Å². The zero-order valence-electron chi connectivity index (χ0n) is 9.87. The normalized spacial score (nSPS) is 15.0. The average molecular weight is 350 g/mol. The van der Waals surface area contributed by atoms with Crippen molar-refractivity contribution in [2.45, 2.75) is 19.1 Å². The molecule has 1 unspecified atom stereocenters. The quantitative estimate of drug-likeness (QED) is 0.495. The zero-order valence-corrected chi connectivity index (χ0v) is 13.2. The molecule has 1 rings (SSSR count). The highest BCUT2D eigenvalue weighted by Gasteiger charge is 2.51. The van der Waals surface area contributed by atoms with Gasteiger partial charge in [0.05, 0.1) is 5.16 Å². The smallest absolute Gasteiger partial charge is 0.322 e. The Kier molecular flexibility index (Phi) is 5.01. The van der Waals surface area contributed by atoms with E-state index >= 15 is 0 Å². The summed E-state index contributed by atoms with van der Waals surface area (Å²) in [7, 11) is -4.53. The summed E-state index contributed by atoms with van der Waals surface area (Å²) in [6.45, 7) is 3.38. The van der Waals surface area contributed by atoms with Crippen LogP contribution in [0.2, 0.25) is 0 Å². The molecule has 0 bridgehead atoms. The standard InChI is InChI=1S/C11H13BrNO3PS/c1-8(2)11(13-7-18,17(14,15)16)9-3-5-10(12)6-4-9/h3-6,8H,1-2H3,(H2,14,15,16). The molecule has 0 spiro atoms. The Morgan fingerprint density at radius 1 is 1.39 bits per heavy atom. The summed E-state index contributed by atoms with van der Waals surface area (Å²) in [6, 6.07) is 6.67. The largest absolute Gasteiger partial charge is 0.358 e. The molecule has 0 heterocycles. The van der Waals surface area contributed by atoms with Crippen LogP contribution >= 0.6 is 35.7 Å². The van der Waals surface area contributed by atoms with Crippen LogP contribution in [0.25, 0.3) is 0 Å². The minimum absolute atomic E-state index is 0.421. The molecule has 0 saturated heterocycles. The van der Waals surface area contributed by atoms with Gasteiger partial charge in [-0.25, -0.2) is 4.99 Å². The van der Waals surface area contributed by atoms with Gasteiger partial charge < -0.3 is 9.79 Å². The molecule has 0 aliphatic heterocycles. The average Bonchev–Trinajstić information content (AvgIpc) is 2.25. The van der Waals surface area contributed by atoms with Crippen LogP contribution in [0, 0.1) is 5.92 Å². The molecule has 0 amide bonds. The third kappa shape index (κ3) is 2.80. The van der Waals surface area contributed by atoms with E-state index in [9.17, 15) is 14.4 Å². The Labute approximate surface area is 119 Å². The zero-order chi connectivity index (χ0) is 14.0. The Hall–Kier alpha value is -0.350. The fourth-order valence-electron chi connectivity index (χ4n) is 1.86. The van der Waals surface area contributed by atoms with Crippen molar-refractivity contribution in [3.63, 3.8) is 0 Å². The number of halogens is 1. The van der Waals surface area contributed by atoms with Crippen molar-refractivity contribution in [3.8, 4) is 0 Å². The third-order valence-corrected chi connectivity index (χ3v) is 5.12. The first-order chi connectivity index (χ1) is 8.25. The second-order valence-electron chi connectivity index (χ2n) is 4.13. The van der Waals surface area contributed by atoms with Crippen LogP contribution in [0.1, 0.15) is 19.4 Å². The number of nitrogens with zero attached hydrogens (tertiary/aromatic N) is 1. The molecular formula is C11H13BrNO3PS. The molecule has 98 valence electrons. The van der Waals surface area contributed by atoms with Gasteiger partial charge in [0, 0.05) is 4.47 Å². The highest BCUT2D eigenvalue weighted by molar-refractivity contribution is 9.10. The van der Waals surface area contributed by atoms with Gasteiger partial charge in [0.15, 0.2) is 5.28 Å². The van der Waals surface area contributed by atoms with E-state index in [0.29, 0.717) is 5.56 Å². The van der Waals surface area contributed by atoms with Crippen LogP contribution in [0.5, 0.6) is 0 Å². The Balaban J connectivity index is 3.59. The van der Waals surface area contributed by atoms with Crippen LogP contribution in [0.3, 0.4) is 0 Å². The molecule has 2 N–H and O–H groups in total. The number of hydrogen-bond donors (Lipinski definition) is 2. The van der Waals surface area contributed by atoms with Crippen molar-refractivity contribution in [3.05, 3.63) is 34.3 Å². The van der Waals surface area contributed by atoms with Gasteiger partial charge in [-0.3, -0.25) is 4.57 Å². The van der Waals surface area contributed by atoms with Gasteiger partial charge in [0.25, 0.3) is 0 Å². The highest BCUT2D eigenvalue weighted by atomic mass is 79.9. The van der Waals surface area contributed by atoms with Crippen LogP contribution in [-0.2, 0) is 9.85 Å². The fourth-order valence-corrected chi connectivity index (χ4v) is 3.68. The van der Waals surface area contributed by atoms with Gasteiger partial charge in [-0.05, 0) is 35.8 Å². The van der Waals surface area contributed by atoms with Crippen LogP contribution < -0.4 is 0 Å². The van der Waals surface area contributed by atoms with E-state index in [2.05, 4.69) is 38.3 Å². The Morgan fingerprint density at radius 3 is 2.22 bits per heavy atom. The van der Waals surface area contributed by atoms with Gasteiger partial charge in [-0.2, -0.15) is 0 Å². The van der Waals surface area contributed by atoms with Gasteiger partial charge in [0.1, 0.15) is 0 Å². The molecule has 0 aromatic heterocycles. The monoisotopic (exact) mass is 349 g/mol. The van der Waals surface area contributed by atoms with E-state index in [0.717, 1.165) is 4.47 Å². The summed E-state index contributed by atoms with van der Waals surface area (Å²) >= 11 is 7.82. The van der Waals surface area contributed by atoms with E-state index in [-0.39, 0.29) is 0 Å². The van der Waals surface area contributed by atoms with E-state index < -0.39 is 18.8 Å². The van der Waals surface area contributed by atoms with Crippen molar-refractivity contribution in [1.82, 2.24) is 0 Å². The summed E-state index contributed by atoms with van der Waals surface area (Å²) in [5.74, 6) is -0.421. The summed E-state index contributed by atoms with van der Waals surface area (Å²) in [5, 5.41) is 0.443. The first-order valence-electron chi connectivity index (χ1n) is 5.16. The predicted molar refractivity (Wildman–Crippen MR) is 77.7 cm³/mol. The van der Waals surface area contributed by atoms with Crippen LogP contribution in [0.4, 0.5) is 0 Å².